The standard InChI is InChI=1S/C60H81N7O13/c1-60(2,3)80-59(74)54(27-26-53(68)22-14-37-75-39-41-77-42-40-76-38-28-58(72)73)65-35-33-63(43-50-19-11-23-55(69)61(50)4)31-29-62(44-51-20-12-24-56(70)66(51)78-46-48-15-7-5-8-16-48)30-32-64(34-36-65)45-52-21-13-25-57(71)67(52)79-47-49-17-9-6-10-18-49/h5-13,15-21,23-25,54H,14,22,26-47H2,1-4H3,(H,72,73). The fraction of sp³-hybridized carbons (Fsp3) is 0.500. The van der Waals surface area contributed by atoms with Crippen molar-refractivity contribution in [3.63, 3.8) is 0 Å². The summed E-state index contributed by atoms with van der Waals surface area (Å²) in [6, 6.07) is 33.9. The van der Waals surface area contributed by atoms with Gasteiger partial charge in [-0.1, -0.05) is 78.9 Å². The molecule has 0 bridgehead atoms. The minimum Gasteiger partial charge on any atom is -0.481 e. The molecule has 3 aromatic heterocycles. The van der Waals surface area contributed by atoms with E-state index >= 15 is 0 Å². The van der Waals surface area contributed by atoms with Crippen LogP contribution in [0.4, 0.5) is 0 Å². The molecule has 2 aromatic carbocycles. The number of aliphatic carboxylic acids is 1. The van der Waals surface area contributed by atoms with Crippen LogP contribution in [-0.2, 0) is 73.2 Å². The van der Waals surface area contributed by atoms with Gasteiger partial charge in [-0.2, -0.15) is 0 Å². The van der Waals surface area contributed by atoms with E-state index in [1.165, 1.54) is 27.7 Å². The Morgan fingerprint density at radius 2 is 0.950 bits per heavy atom. The number of carboxylic acid groups (broad SMARTS) is 1. The third-order valence-corrected chi connectivity index (χ3v) is 13.5. The van der Waals surface area contributed by atoms with Crippen molar-refractivity contribution in [1.82, 2.24) is 33.6 Å². The Labute approximate surface area is 468 Å². The van der Waals surface area contributed by atoms with E-state index in [1.807, 2.05) is 99.6 Å². The molecule has 0 saturated carbocycles. The van der Waals surface area contributed by atoms with E-state index in [0.29, 0.717) is 116 Å². The van der Waals surface area contributed by atoms with Crippen LogP contribution in [-0.4, -0.2) is 160 Å². The average Bonchev–Trinajstić information content (AvgIpc) is 3.44. The molecule has 1 unspecified atom stereocenters. The van der Waals surface area contributed by atoms with E-state index in [9.17, 15) is 28.8 Å². The Morgan fingerprint density at radius 3 is 1.44 bits per heavy atom. The Kier molecular flexibility index (Phi) is 25.8. The van der Waals surface area contributed by atoms with Crippen LogP contribution in [0.15, 0.2) is 130 Å². The first-order valence-electron chi connectivity index (χ1n) is 27.6. The first-order valence-corrected chi connectivity index (χ1v) is 27.6. The van der Waals surface area contributed by atoms with Gasteiger partial charge in [0.15, 0.2) is 0 Å². The van der Waals surface area contributed by atoms with Crippen LogP contribution < -0.4 is 26.4 Å². The number of carbonyl (C=O) groups is 3. The number of nitrogens with zero attached hydrogens (tertiary/aromatic N) is 7. The van der Waals surface area contributed by atoms with Crippen molar-refractivity contribution in [2.75, 3.05) is 92.0 Å². The Balaban J connectivity index is 1.25. The van der Waals surface area contributed by atoms with Crippen molar-refractivity contribution in [2.45, 2.75) is 97.4 Å². The van der Waals surface area contributed by atoms with Gasteiger partial charge in [0, 0.05) is 122 Å². The van der Waals surface area contributed by atoms with Crippen LogP contribution >= 0.6 is 0 Å². The average molecular weight is 1110 g/mol. The van der Waals surface area contributed by atoms with Gasteiger partial charge < -0.3 is 38.3 Å². The van der Waals surface area contributed by atoms with Gasteiger partial charge in [0.25, 0.3) is 11.1 Å². The number of Topliss-reactive ketones (excluding diaryl/α,β-unsaturated/α-hetero) is 1. The molecule has 4 heterocycles. The highest BCUT2D eigenvalue weighted by atomic mass is 16.7. The van der Waals surface area contributed by atoms with Crippen LogP contribution in [0, 0.1) is 0 Å². The molecule has 80 heavy (non-hydrogen) atoms. The van der Waals surface area contributed by atoms with E-state index in [2.05, 4.69) is 19.6 Å². The van der Waals surface area contributed by atoms with Crippen molar-refractivity contribution in [3.05, 3.63) is 175 Å². The second-order valence-corrected chi connectivity index (χ2v) is 20.8. The zero-order valence-electron chi connectivity index (χ0n) is 47.0. The molecule has 0 radical (unpaired) electrons. The summed E-state index contributed by atoms with van der Waals surface area (Å²) in [4.78, 5) is 100. The number of ketones is 1. The quantitative estimate of drug-likeness (QED) is 0.0498. The molecule has 20 nitrogen and oxygen atoms in total. The van der Waals surface area contributed by atoms with Gasteiger partial charge in [-0.25, -0.2) is 0 Å². The lowest BCUT2D eigenvalue weighted by Gasteiger charge is -2.37. The van der Waals surface area contributed by atoms with Crippen LogP contribution in [0.1, 0.15) is 81.1 Å². The number of pyridine rings is 3. The summed E-state index contributed by atoms with van der Waals surface area (Å²) in [5, 5.41) is 8.74. The lowest BCUT2D eigenvalue weighted by Crippen LogP contribution is -2.51. The van der Waals surface area contributed by atoms with Crippen LogP contribution in [0.3, 0.4) is 0 Å². The number of carboxylic acids is 1. The van der Waals surface area contributed by atoms with Crippen molar-refractivity contribution in [2.24, 2.45) is 7.05 Å². The third-order valence-electron chi connectivity index (χ3n) is 13.5. The number of carbonyl (C=O) groups excluding carboxylic acids is 2. The number of hydrogen-bond donors (Lipinski definition) is 1. The van der Waals surface area contributed by atoms with Gasteiger partial charge in [-0.05, 0) is 62.9 Å². The lowest BCUT2D eigenvalue weighted by molar-refractivity contribution is -0.162. The molecule has 1 N–H and O–H groups in total. The molecular weight excluding hydrogens is 1030 g/mol. The zero-order valence-corrected chi connectivity index (χ0v) is 47.0. The van der Waals surface area contributed by atoms with E-state index in [4.69, 9.17) is 33.7 Å². The molecule has 0 spiro atoms. The van der Waals surface area contributed by atoms with Crippen molar-refractivity contribution >= 4 is 17.7 Å². The smallest absolute Gasteiger partial charge is 0.323 e. The Morgan fingerprint density at radius 1 is 0.512 bits per heavy atom. The fourth-order valence-corrected chi connectivity index (χ4v) is 9.10. The maximum atomic E-state index is 14.5. The van der Waals surface area contributed by atoms with E-state index in [-0.39, 0.29) is 74.6 Å². The Bertz CT molecular complexity index is 2850. The van der Waals surface area contributed by atoms with Crippen molar-refractivity contribution < 1.29 is 48.1 Å². The SMILES string of the molecule is Cn1c(CN2CCN(Cc3cccc(=O)n3OCc3ccccc3)CCN(Cc3cccc(=O)n3OCc3ccccc3)CCN(C(CCC(=O)CCCOCCOCCOCCC(=O)O)C(=O)OC(C)(C)C)CC2)cccc1=O. The molecule has 1 aliphatic heterocycles. The molecule has 1 aliphatic rings. The van der Waals surface area contributed by atoms with Gasteiger partial charge in [-0.3, -0.25) is 48.4 Å². The third kappa shape index (κ3) is 22.0. The van der Waals surface area contributed by atoms with Gasteiger partial charge >= 0.3 is 11.9 Å². The molecule has 6 rings (SSSR count). The first-order chi connectivity index (χ1) is 38.6. The molecule has 1 saturated heterocycles. The minimum absolute atomic E-state index is 0.00790. The summed E-state index contributed by atoms with van der Waals surface area (Å²) in [6.07, 6.45) is 1.04. The van der Waals surface area contributed by atoms with Crippen LogP contribution in [0.25, 0.3) is 0 Å². The lowest BCUT2D eigenvalue weighted by atomic mass is 10.0. The predicted octanol–water partition coefficient (Wildman–Crippen LogP) is 4.45. The predicted molar refractivity (Wildman–Crippen MR) is 302 cm³/mol. The number of hydrogen-bond acceptors (Lipinski definition) is 16. The van der Waals surface area contributed by atoms with E-state index in [0.717, 1.165) is 16.8 Å². The number of rotatable bonds is 30. The van der Waals surface area contributed by atoms with Gasteiger partial charge in [0.2, 0.25) is 5.56 Å². The molecule has 434 valence electrons. The summed E-state index contributed by atoms with van der Waals surface area (Å²) in [7, 11) is 1.76. The van der Waals surface area contributed by atoms with Crippen molar-refractivity contribution in [3.8, 4) is 0 Å². The summed E-state index contributed by atoms with van der Waals surface area (Å²) in [5.41, 5.74) is 2.40. The number of ether oxygens (including phenoxy) is 4. The fourth-order valence-electron chi connectivity index (χ4n) is 9.10. The number of esters is 1. The van der Waals surface area contributed by atoms with Crippen LogP contribution in [0.2, 0.25) is 0 Å². The first kappa shape index (κ1) is 62.4. The second-order valence-electron chi connectivity index (χ2n) is 20.8. The molecule has 1 atom stereocenters. The van der Waals surface area contributed by atoms with Crippen LogP contribution in [0.5, 0.6) is 0 Å². The van der Waals surface area contributed by atoms with E-state index in [1.54, 1.807) is 29.8 Å². The highest BCUT2D eigenvalue weighted by molar-refractivity contribution is 5.81. The second kappa shape index (κ2) is 33.1. The van der Waals surface area contributed by atoms with Gasteiger partial charge in [-0.15, -0.1) is 9.46 Å². The highest BCUT2D eigenvalue weighted by Crippen LogP contribution is 2.19. The zero-order chi connectivity index (χ0) is 57.1. The molecule has 5 aromatic rings. The summed E-state index contributed by atoms with van der Waals surface area (Å²) < 4.78 is 26.9. The minimum atomic E-state index is -0.919. The van der Waals surface area contributed by atoms with Gasteiger partial charge in [0.1, 0.15) is 30.6 Å². The monoisotopic (exact) mass is 1110 g/mol. The summed E-state index contributed by atoms with van der Waals surface area (Å²) >= 11 is 0. The highest BCUT2D eigenvalue weighted by Gasteiger charge is 2.32. The summed E-state index contributed by atoms with van der Waals surface area (Å²) in [6.45, 7) is 12.5. The number of benzene rings is 2. The number of aromatic nitrogens is 3. The largest absolute Gasteiger partial charge is 0.481 e. The molecule has 0 amide bonds. The topological polar surface area (TPSA) is 206 Å². The maximum absolute atomic E-state index is 14.5. The molecular formula is C60H81N7O13. The van der Waals surface area contributed by atoms with Crippen molar-refractivity contribution in [1.29, 1.82) is 0 Å². The summed E-state index contributed by atoms with van der Waals surface area (Å²) in [5.74, 6) is -1.36. The van der Waals surface area contributed by atoms with E-state index < -0.39 is 23.6 Å². The molecule has 0 aliphatic carbocycles. The maximum Gasteiger partial charge on any atom is 0.323 e. The molecule has 20 heteroatoms. The normalized spacial score (nSPS) is 14.9. The molecule has 1 fully saturated rings. The van der Waals surface area contributed by atoms with Gasteiger partial charge in [0.05, 0.1) is 50.8 Å². The Hall–Kier alpha value is -6.78.